The molecular weight excluding hydrogens is 342 g/mol. The molecule has 0 saturated carbocycles. The molecule has 0 amide bonds. The Labute approximate surface area is 147 Å². The SMILES string of the molecule is CCOc1ccc([C@@H](C)NS(=O)(=O)c2ccc3c(c2)OCCO3)cc1. The van der Waals surface area contributed by atoms with Gasteiger partial charge in [0.15, 0.2) is 11.5 Å². The van der Waals surface area contributed by atoms with Gasteiger partial charge < -0.3 is 14.2 Å². The lowest BCUT2D eigenvalue weighted by atomic mass is 10.1. The average Bonchev–Trinajstić information content (AvgIpc) is 2.62. The third-order valence-electron chi connectivity index (χ3n) is 3.85. The Morgan fingerprint density at radius 1 is 1.08 bits per heavy atom. The second-order valence-electron chi connectivity index (χ2n) is 5.65. The molecule has 0 fully saturated rings. The van der Waals surface area contributed by atoms with Crippen LogP contribution in [0.15, 0.2) is 47.4 Å². The van der Waals surface area contributed by atoms with Crippen LogP contribution in [0.2, 0.25) is 0 Å². The topological polar surface area (TPSA) is 73.9 Å². The fraction of sp³-hybridized carbons (Fsp3) is 0.333. The first-order chi connectivity index (χ1) is 12.0. The molecule has 0 bridgehead atoms. The molecule has 0 aliphatic carbocycles. The summed E-state index contributed by atoms with van der Waals surface area (Å²) in [7, 11) is -3.68. The molecule has 1 atom stereocenters. The number of hydrogen-bond donors (Lipinski definition) is 1. The molecule has 0 saturated heterocycles. The smallest absolute Gasteiger partial charge is 0.241 e. The molecule has 1 N–H and O–H groups in total. The molecule has 0 spiro atoms. The van der Waals surface area contributed by atoms with Crippen LogP contribution in [0, 0.1) is 0 Å². The fourth-order valence-electron chi connectivity index (χ4n) is 2.58. The van der Waals surface area contributed by atoms with E-state index in [0.717, 1.165) is 11.3 Å². The van der Waals surface area contributed by atoms with Crippen molar-refractivity contribution in [3.05, 3.63) is 48.0 Å². The lowest BCUT2D eigenvalue weighted by Crippen LogP contribution is -2.27. The minimum atomic E-state index is -3.68. The zero-order valence-corrected chi connectivity index (χ0v) is 15.0. The van der Waals surface area contributed by atoms with Crippen LogP contribution in [0.3, 0.4) is 0 Å². The summed E-state index contributed by atoms with van der Waals surface area (Å²) in [5.74, 6) is 1.76. The number of sulfonamides is 1. The largest absolute Gasteiger partial charge is 0.494 e. The van der Waals surface area contributed by atoms with Crippen LogP contribution >= 0.6 is 0 Å². The standard InChI is InChI=1S/C18H21NO5S/c1-3-22-15-6-4-14(5-7-15)13(2)19-25(20,21)16-8-9-17-18(12-16)24-11-10-23-17/h4-9,12-13,19H,3,10-11H2,1-2H3/t13-/m1/s1. The van der Waals surface area contributed by atoms with Gasteiger partial charge in [0.05, 0.1) is 11.5 Å². The van der Waals surface area contributed by atoms with E-state index in [-0.39, 0.29) is 10.9 Å². The highest BCUT2D eigenvalue weighted by molar-refractivity contribution is 7.89. The lowest BCUT2D eigenvalue weighted by molar-refractivity contribution is 0.171. The summed E-state index contributed by atoms with van der Waals surface area (Å²) in [5, 5.41) is 0. The summed E-state index contributed by atoms with van der Waals surface area (Å²) in [6.07, 6.45) is 0. The monoisotopic (exact) mass is 363 g/mol. The van der Waals surface area contributed by atoms with Crippen molar-refractivity contribution in [2.75, 3.05) is 19.8 Å². The van der Waals surface area contributed by atoms with Crippen molar-refractivity contribution in [1.82, 2.24) is 4.72 Å². The molecule has 1 aliphatic heterocycles. The number of ether oxygens (including phenoxy) is 3. The molecule has 134 valence electrons. The van der Waals surface area contributed by atoms with Crippen LogP contribution in [-0.4, -0.2) is 28.2 Å². The minimum absolute atomic E-state index is 0.148. The molecule has 1 heterocycles. The highest BCUT2D eigenvalue weighted by atomic mass is 32.2. The van der Waals surface area contributed by atoms with Crippen LogP contribution in [0.25, 0.3) is 0 Å². The lowest BCUT2D eigenvalue weighted by Gasteiger charge is -2.20. The Bertz CT molecular complexity index is 833. The Hall–Kier alpha value is -2.25. The maximum Gasteiger partial charge on any atom is 0.241 e. The molecule has 2 aromatic carbocycles. The summed E-state index contributed by atoms with van der Waals surface area (Å²) in [4.78, 5) is 0.148. The summed E-state index contributed by atoms with van der Waals surface area (Å²) >= 11 is 0. The number of hydrogen-bond acceptors (Lipinski definition) is 5. The van der Waals surface area contributed by atoms with Gasteiger partial charge in [0.2, 0.25) is 10.0 Å². The van der Waals surface area contributed by atoms with Crippen molar-refractivity contribution in [3.8, 4) is 17.2 Å². The summed E-state index contributed by atoms with van der Waals surface area (Å²) in [6, 6.07) is 11.6. The molecule has 6 nitrogen and oxygen atoms in total. The van der Waals surface area contributed by atoms with Gasteiger partial charge in [-0.05, 0) is 43.7 Å². The van der Waals surface area contributed by atoms with Crippen LogP contribution in [0.5, 0.6) is 17.2 Å². The van der Waals surface area contributed by atoms with E-state index < -0.39 is 10.0 Å². The van der Waals surface area contributed by atoms with E-state index in [0.29, 0.717) is 31.3 Å². The predicted molar refractivity (Wildman–Crippen MR) is 93.8 cm³/mol. The zero-order chi connectivity index (χ0) is 17.9. The quantitative estimate of drug-likeness (QED) is 0.854. The molecule has 25 heavy (non-hydrogen) atoms. The molecule has 0 radical (unpaired) electrons. The Morgan fingerprint density at radius 3 is 2.44 bits per heavy atom. The van der Waals surface area contributed by atoms with Gasteiger partial charge in [-0.1, -0.05) is 12.1 Å². The summed E-state index contributed by atoms with van der Waals surface area (Å²) in [5.41, 5.74) is 0.851. The summed E-state index contributed by atoms with van der Waals surface area (Å²) < 4.78 is 44.2. The van der Waals surface area contributed by atoms with Crippen molar-refractivity contribution in [2.24, 2.45) is 0 Å². The van der Waals surface area contributed by atoms with E-state index in [2.05, 4.69) is 4.72 Å². The van der Waals surface area contributed by atoms with Crippen LogP contribution < -0.4 is 18.9 Å². The predicted octanol–water partition coefficient (Wildman–Crippen LogP) is 2.90. The van der Waals surface area contributed by atoms with Crippen molar-refractivity contribution >= 4 is 10.0 Å². The van der Waals surface area contributed by atoms with Gasteiger partial charge in [0.1, 0.15) is 19.0 Å². The van der Waals surface area contributed by atoms with Gasteiger partial charge in [-0.25, -0.2) is 13.1 Å². The zero-order valence-electron chi connectivity index (χ0n) is 14.2. The molecule has 3 rings (SSSR count). The average molecular weight is 363 g/mol. The Kier molecular flexibility index (Phi) is 5.15. The van der Waals surface area contributed by atoms with Crippen LogP contribution in [-0.2, 0) is 10.0 Å². The molecule has 0 aromatic heterocycles. The first kappa shape index (κ1) is 17.6. The number of benzene rings is 2. The van der Waals surface area contributed by atoms with Gasteiger partial charge in [-0.2, -0.15) is 0 Å². The van der Waals surface area contributed by atoms with Crippen LogP contribution in [0.1, 0.15) is 25.5 Å². The van der Waals surface area contributed by atoms with Gasteiger partial charge in [-0.3, -0.25) is 0 Å². The van der Waals surface area contributed by atoms with E-state index in [9.17, 15) is 8.42 Å². The Balaban J connectivity index is 1.76. The fourth-order valence-corrected chi connectivity index (χ4v) is 3.83. The maximum absolute atomic E-state index is 12.6. The van der Waals surface area contributed by atoms with E-state index in [1.165, 1.54) is 12.1 Å². The molecule has 2 aromatic rings. The normalized spacial score (nSPS) is 14.8. The van der Waals surface area contributed by atoms with E-state index in [1.54, 1.807) is 13.0 Å². The second-order valence-corrected chi connectivity index (χ2v) is 7.36. The molecule has 7 heteroatoms. The minimum Gasteiger partial charge on any atom is -0.494 e. The first-order valence-corrected chi connectivity index (χ1v) is 9.62. The highest BCUT2D eigenvalue weighted by Crippen LogP contribution is 2.32. The highest BCUT2D eigenvalue weighted by Gasteiger charge is 2.21. The van der Waals surface area contributed by atoms with Gasteiger partial charge in [-0.15, -0.1) is 0 Å². The Morgan fingerprint density at radius 2 is 1.76 bits per heavy atom. The summed E-state index contributed by atoms with van der Waals surface area (Å²) in [6.45, 7) is 5.17. The van der Waals surface area contributed by atoms with Crippen molar-refractivity contribution in [2.45, 2.75) is 24.8 Å². The van der Waals surface area contributed by atoms with Gasteiger partial charge in [0.25, 0.3) is 0 Å². The third kappa shape index (κ3) is 4.05. The molecule has 0 unspecified atom stereocenters. The molecular formula is C18H21NO5S. The van der Waals surface area contributed by atoms with Crippen LogP contribution in [0.4, 0.5) is 0 Å². The second kappa shape index (κ2) is 7.33. The van der Waals surface area contributed by atoms with Gasteiger partial charge >= 0.3 is 0 Å². The van der Waals surface area contributed by atoms with E-state index in [1.807, 2.05) is 31.2 Å². The van der Waals surface area contributed by atoms with Crippen molar-refractivity contribution in [3.63, 3.8) is 0 Å². The molecule has 1 aliphatic rings. The van der Waals surface area contributed by atoms with E-state index in [4.69, 9.17) is 14.2 Å². The number of rotatable bonds is 6. The first-order valence-electron chi connectivity index (χ1n) is 8.14. The maximum atomic E-state index is 12.6. The van der Waals surface area contributed by atoms with Crippen molar-refractivity contribution < 1.29 is 22.6 Å². The van der Waals surface area contributed by atoms with Gasteiger partial charge in [0, 0.05) is 12.1 Å². The van der Waals surface area contributed by atoms with Crippen molar-refractivity contribution in [1.29, 1.82) is 0 Å². The van der Waals surface area contributed by atoms with E-state index >= 15 is 0 Å². The third-order valence-corrected chi connectivity index (χ3v) is 5.39. The number of nitrogens with one attached hydrogen (secondary N) is 1. The number of fused-ring (bicyclic) bond motifs is 1.